The van der Waals surface area contributed by atoms with Crippen LogP contribution in [0.4, 0.5) is 5.69 Å². The van der Waals surface area contributed by atoms with Crippen molar-refractivity contribution in [2.75, 3.05) is 31.6 Å². The third kappa shape index (κ3) is 5.91. The first-order valence-electron chi connectivity index (χ1n) is 7.13. The summed E-state index contributed by atoms with van der Waals surface area (Å²) in [6, 6.07) is 7.44. The molecular formula is C15H23ClN2O3. The minimum absolute atomic E-state index is 0. The highest BCUT2D eigenvalue weighted by molar-refractivity contribution is 5.93. The monoisotopic (exact) mass is 314 g/mol. The summed E-state index contributed by atoms with van der Waals surface area (Å²) in [6.07, 6.45) is 2.43. The molecule has 5 nitrogen and oxygen atoms in total. The lowest BCUT2D eigenvalue weighted by atomic mass is 10.2. The largest absolute Gasteiger partial charge is 0.492 e. The molecule has 1 atom stereocenters. The van der Waals surface area contributed by atoms with Crippen LogP contribution in [0.5, 0.6) is 5.75 Å². The molecule has 0 bridgehead atoms. The van der Waals surface area contributed by atoms with E-state index in [0.29, 0.717) is 18.0 Å². The van der Waals surface area contributed by atoms with Crippen molar-refractivity contribution in [3.05, 3.63) is 24.3 Å². The van der Waals surface area contributed by atoms with Crippen molar-refractivity contribution in [1.82, 2.24) is 5.32 Å². The summed E-state index contributed by atoms with van der Waals surface area (Å²) in [5.74, 6) is 0.623. The van der Waals surface area contributed by atoms with Crippen molar-refractivity contribution in [3.63, 3.8) is 0 Å². The van der Waals surface area contributed by atoms with E-state index >= 15 is 0 Å². The zero-order valence-electron chi connectivity index (χ0n) is 12.3. The van der Waals surface area contributed by atoms with Crippen LogP contribution in [0.3, 0.4) is 0 Å². The number of carbonyl (C=O) groups excluding carboxylic acids is 1. The highest BCUT2D eigenvalue weighted by Gasteiger charge is 2.15. The minimum atomic E-state index is -0.0739. The van der Waals surface area contributed by atoms with Gasteiger partial charge in [0.05, 0.1) is 24.9 Å². The van der Waals surface area contributed by atoms with Crippen molar-refractivity contribution >= 4 is 24.0 Å². The van der Waals surface area contributed by atoms with Gasteiger partial charge in [0.25, 0.3) is 0 Å². The van der Waals surface area contributed by atoms with Gasteiger partial charge in [-0.2, -0.15) is 0 Å². The van der Waals surface area contributed by atoms with Crippen molar-refractivity contribution in [3.8, 4) is 5.75 Å². The zero-order chi connectivity index (χ0) is 14.2. The van der Waals surface area contributed by atoms with Gasteiger partial charge < -0.3 is 20.1 Å². The van der Waals surface area contributed by atoms with E-state index in [1.165, 1.54) is 0 Å². The number of para-hydroxylation sites is 2. The summed E-state index contributed by atoms with van der Waals surface area (Å²) in [5.41, 5.74) is 0.707. The van der Waals surface area contributed by atoms with Crippen molar-refractivity contribution in [1.29, 1.82) is 0 Å². The average molecular weight is 315 g/mol. The Kier molecular flexibility index (Phi) is 8.12. The summed E-state index contributed by atoms with van der Waals surface area (Å²) in [4.78, 5) is 11.9. The van der Waals surface area contributed by atoms with Crippen LogP contribution in [0, 0.1) is 0 Å². The molecule has 6 heteroatoms. The second kappa shape index (κ2) is 9.60. The number of halogens is 1. The number of rotatable bonds is 7. The lowest BCUT2D eigenvalue weighted by Crippen LogP contribution is -2.33. The van der Waals surface area contributed by atoms with Crippen molar-refractivity contribution in [2.24, 2.45) is 0 Å². The van der Waals surface area contributed by atoms with E-state index in [-0.39, 0.29) is 31.0 Å². The number of hydrogen-bond donors (Lipinski definition) is 2. The topological polar surface area (TPSA) is 59.6 Å². The molecular weight excluding hydrogens is 292 g/mol. The molecule has 2 rings (SSSR count). The first-order valence-corrected chi connectivity index (χ1v) is 7.13. The second-order valence-electron chi connectivity index (χ2n) is 4.74. The number of anilines is 1. The Morgan fingerprint density at radius 2 is 2.24 bits per heavy atom. The van der Waals surface area contributed by atoms with E-state index in [0.717, 1.165) is 26.0 Å². The molecule has 0 spiro atoms. The smallest absolute Gasteiger partial charge is 0.238 e. The van der Waals surface area contributed by atoms with Crippen molar-refractivity contribution in [2.45, 2.75) is 25.9 Å². The molecule has 0 radical (unpaired) electrons. The summed E-state index contributed by atoms with van der Waals surface area (Å²) >= 11 is 0. The van der Waals surface area contributed by atoms with E-state index in [1.54, 1.807) is 0 Å². The lowest BCUT2D eigenvalue weighted by Gasteiger charge is -2.13. The molecule has 2 N–H and O–H groups in total. The molecule has 21 heavy (non-hydrogen) atoms. The van der Waals surface area contributed by atoms with Gasteiger partial charge in [0.2, 0.25) is 5.91 Å². The van der Waals surface area contributed by atoms with Crippen LogP contribution in [0.15, 0.2) is 24.3 Å². The van der Waals surface area contributed by atoms with Gasteiger partial charge in [0, 0.05) is 13.2 Å². The van der Waals surface area contributed by atoms with E-state index in [9.17, 15) is 4.79 Å². The van der Waals surface area contributed by atoms with Gasteiger partial charge in [-0.1, -0.05) is 12.1 Å². The van der Waals surface area contributed by atoms with Crippen LogP contribution in [0.1, 0.15) is 19.8 Å². The average Bonchev–Trinajstić information content (AvgIpc) is 2.94. The van der Waals surface area contributed by atoms with Crippen LogP contribution >= 0.6 is 12.4 Å². The standard InChI is InChI=1S/C15H22N2O3.ClH/c1-2-19-14-8-4-3-7-13(14)17-15(18)11-16-10-12-6-5-9-20-12;/h3-4,7-8,12,16H,2,5-6,9-11H2,1H3,(H,17,18);1H. The molecule has 0 saturated carbocycles. The molecule has 1 aliphatic rings. The Morgan fingerprint density at radius 1 is 1.43 bits per heavy atom. The van der Waals surface area contributed by atoms with Gasteiger partial charge in [0.1, 0.15) is 5.75 Å². The van der Waals surface area contributed by atoms with Gasteiger partial charge in [0.15, 0.2) is 0 Å². The third-order valence-electron chi connectivity index (χ3n) is 3.14. The molecule has 1 aromatic carbocycles. The maximum atomic E-state index is 11.9. The first-order chi connectivity index (χ1) is 9.79. The zero-order valence-corrected chi connectivity index (χ0v) is 13.1. The van der Waals surface area contributed by atoms with E-state index < -0.39 is 0 Å². The maximum absolute atomic E-state index is 11.9. The number of amides is 1. The van der Waals surface area contributed by atoms with Crippen LogP contribution in [0.25, 0.3) is 0 Å². The first kappa shape index (κ1) is 17.8. The number of carbonyl (C=O) groups is 1. The van der Waals surface area contributed by atoms with E-state index in [4.69, 9.17) is 9.47 Å². The van der Waals surface area contributed by atoms with Crippen LogP contribution in [-0.4, -0.2) is 38.3 Å². The van der Waals surface area contributed by atoms with Gasteiger partial charge in [-0.05, 0) is 31.9 Å². The fraction of sp³-hybridized carbons (Fsp3) is 0.533. The van der Waals surface area contributed by atoms with Gasteiger partial charge >= 0.3 is 0 Å². The molecule has 1 aliphatic heterocycles. The summed E-state index contributed by atoms with van der Waals surface area (Å²) < 4.78 is 11.0. The molecule has 118 valence electrons. The number of ether oxygens (including phenoxy) is 2. The number of benzene rings is 1. The van der Waals surface area contributed by atoms with E-state index in [2.05, 4.69) is 10.6 Å². The fourth-order valence-electron chi connectivity index (χ4n) is 2.20. The number of hydrogen-bond acceptors (Lipinski definition) is 4. The van der Waals surface area contributed by atoms with Gasteiger partial charge in [-0.3, -0.25) is 4.79 Å². The quantitative estimate of drug-likeness (QED) is 0.810. The highest BCUT2D eigenvalue weighted by Crippen LogP contribution is 2.23. The minimum Gasteiger partial charge on any atom is -0.492 e. The predicted octanol–water partition coefficient (Wildman–Crippen LogP) is 2.21. The Bertz CT molecular complexity index is 437. The molecule has 0 aromatic heterocycles. The highest BCUT2D eigenvalue weighted by atomic mass is 35.5. The maximum Gasteiger partial charge on any atom is 0.238 e. The molecule has 0 aliphatic carbocycles. The Labute approximate surface area is 131 Å². The molecule has 1 heterocycles. The normalized spacial score (nSPS) is 17.1. The second-order valence-corrected chi connectivity index (χ2v) is 4.74. The Balaban J connectivity index is 0.00000220. The van der Waals surface area contributed by atoms with Crippen LogP contribution in [0.2, 0.25) is 0 Å². The van der Waals surface area contributed by atoms with Crippen LogP contribution in [-0.2, 0) is 9.53 Å². The predicted molar refractivity (Wildman–Crippen MR) is 85.3 cm³/mol. The van der Waals surface area contributed by atoms with Crippen LogP contribution < -0.4 is 15.4 Å². The summed E-state index contributed by atoms with van der Waals surface area (Å²) in [7, 11) is 0. The molecule has 1 aromatic rings. The van der Waals surface area contributed by atoms with Gasteiger partial charge in [-0.25, -0.2) is 0 Å². The Morgan fingerprint density at radius 3 is 2.95 bits per heavy atom. The third-order valence-corrected chi connectivity index (χ3v) is 3.14. The summed E-state index contributed by atoms with van der Waals surface area (Å²) in [6.45, 7) is 4.33. The van der Waals surface area contributed by atoms with Crippen molar-refractivity contribution < 1.29 is 14.3 Å². The molecule has 1 unspecified atom stereocenters. The van der Waals surface area contributed by atoms with E-state index in [1.807, 2.05) is 31.2 Å². The SMILES string of the molecule is CCOc1ccccc1NC(=O)CNCC1CCCO1.Cl. The Hall–Kier alpha value is -1.30. The lowest BCUT2D eigenvalue weighted by molar-refractivity contribution is -0.115. The number of nitrogens with one attached hydrogen (secondary N) is 2. The molecule has 1 fully saturated rings. The fourth-order valence-corrected chi connectivity index (χ4v) is 2.20. The summed E-state index contributed by atoms with van der Waals surface area (Å²) in [5, 5.41) is 5.97. The van der Waals surface area contributed by atoms with Gasteiger partial charge in [-0.15, -0.1) is 12.4 Å². The molecule has 1 amide bonds. The molecule has 1 saturated heterocycles.